The molecule has 92 valence electrons. The Labute approximate surface area is 100 Å². The van der Waals surface area contributed by atoms with Gasteiger partial charge in [0, 0.05) is 12.2 Å². The average Bonchev–Trinajstić information content (AvgIpc) is 2.61. The molecule has 0 radical (unpaired) electrons. The minimum absolute atomic E-state index is 0.290. The minimum Gasteiger partial charge on any atom is -0.408 e. The highest BCUT2D eigenvalue weighted by atomic mass is 16.4. The lowest BCUT2D eigenvalue weighted by Gasteiger charge is -2.02. The summed E-state index contributed by atoms with van der Waals surface area (Å²) in [5.41, 5.74) is 7.78. The second-order valence-corrected chi connectivity index (χ2v) is 4.31. The summed E-state index contributed by atoms with van der Waals surface area (Å²) in [6.45, 7) is 2.87. The van der Waals surface area contributed by atoms with Crippen LogP contribution < -0.4 is 11.5 Å². The van der Waals surface area contributed by atoms with Crippen LogP contribution in [0.15, 0.2) is 27.4 Å². The molecule has 17 heavy (non-hydrogen) atoms. The van der Waals surface area contributed by atoms with Gasteiger partial charge in [-0.05, 0) is 24.6 Å². The van der Waals surface area contributed by atoms with Crippen LogP contribution in [0.2, 0.25) is 0 Å². The molecule has 4 nitrogen and oxygen atoms in total. The van der Waals surface area contributed by atoms with Crippen molar-refractivity contribution in [1.29, 1.82) is 0 Å². The summed E-state index contributed by atoms with van der Waals surface area (Å²) in [5, 5.41) is 0. The molecule has 0 bridgehead atoms. The summed E-state index contributed by atoms with van der Waals surface area (Å²) in [7, 11) is 0. The number of rotatable bonds is 5. The van der Waals surface area contributed by atoms with Crippen molar-refractivity contribution in [2.75, 3.05) is 5.73 Å². The number of fused-ring (bicyclic) bond motifs is 1. The van der Waals surface area contributed by atoms with Crippen molar-refractivity contribution in [1.82, 2.24) is 4.57 Å². The number of nitrogens with two attached hydrogens (primary N) is 1. The van der Waals surface area contributed by atoms with Gasteiger partial charge in [-0.3, -0.25) is 4.57 Å². The van der Waals surface area contributed by atoms with Gasteiger partial charge in [-0.1, -0.05) is 26.2 Å². The van der Waals surface area contributed by atoms with Gasteiger partial charge in [-0.15, -0.1) is 0 Å². The molecule has 2 N–H and O–H groups in total. The van der Waals surface area contributed by atoms with Crippen LogP contribution in [0.5, 0.6) is 0 Å². The number of nitrogens with zero attached hydrogens (tertiary/aromatic N) is 1. The summed E-state index contributed by atoms with van der Waals surface area (Å²) >= 11 is 0. The third-order valence-corrected chi connectivity index (χ3v) is 2.93. The highest BCUT2D eigenvalue weighted by Gasteiger charge is 2.08. The van der Waals surface area contributed by atoms with E-state index in [1.54, 1.807) is 22.8 Å². The van der Waals surface area contributed by atoms with E-state index in [4.69, 9.17) is 10.2 Å². The number of hydrogen-bond acceptors (Lipinski definition) is 3. The van der Waals surface area contributed by atoms with Crippen LogP contribution >= 0.6 is 0 Å². The van der Waals surface area contributed by atoms with Crippen LogP contribution in [0.1, 0.15) is 32.6 Å². The number of anilines is 1. The molecule has 0 aliphatic heterocycles. The first kappa shape index (κ1) is 11.8. The van der Waals surface area contributed by atoms with Gasteiger partial charge in [-0.25, -0.2) is 4.79 Å². The Morgan fingerprint density at radius 2 is 2.12 bits per heavy atom. The molecule has 0 aliphatic carbocycles. The van der Waals surface area contributed by atoms with Crippen LogP contribution in [-0.2, 0) is 6.54 Å². The highest BCUT2D eigenvalue weighted by Crippen LogP contribution is 2.16. The van der Waals surface area contributed by atoms with Gasteiger partial charge in [-0.2, -0.15) is 0 Å². The summed E-state index contributed by atoms with van der Waals surface area (Å²) < 4.78 is 6.83. The molecule has 4 heteroatoms. The maximum absolute atomic E-state index is 11.7. The number of aromatic nitrogens is 1. The molecule has 0 atom stereocenters. The van der Waals surface area contributed by atoms with Crippen LogP contribution in [0.3, 0.4) is 0 Å². The van der Waals surface area contributed by atoms with Gasteiger partial charge in [0.05, 0.1) is 5.52 Å². The average molecular weight is 234 g/mol. The van der Waals surface area contributed by atoms with Crippen molar-refractivity contribution in [3.63, 3.8) is 0 Å². The van der Waals surface area contributed by atoms with E-state index < -0.39 is 0 Å². The van der Waals surface area contributed by atoms with Crippen LogP contribution in [-0.4, -0.2) is 4.57 Å². The molecule has 1 aromatic heterocycles. The topological polar surface area (TPSA) is 61.2 Å². The van der Waals surface area contributed by atoms with Crippen LogP contribution in [0.4, 0.5) is 5.69 Å². The third kappa shape index (κ3) is 2.52. The first-order valence-electron chi connectivity index (χ1n) is 6.11. The van der Waals surface area contributed by atoms with Crippen molar-refractivity contribution >= 4 is 16.8 Å². The van der Waals surface area contributed by atoms with E-state index in [1.807, 2.05) is 0 Å². The second-order valence-electron chi connectivity index (χ2n) is 4.31. The lowest BCUT2D eigenvalue weighted by atomic mass is 10.2. The normalized spacial score (nSPS) is 11.1. The summed E-state index contributed by atoms with van der Waals surface area (Å²) in [4.78, 5) is 11.7. The number of oxazole rings is 1. The first-order valence-corrected chi connectivity index (χ1v) is 6.11. The number of aryl methyl sites for hydroxylation is 1. The molecule has 0 saturated heterocycles. The van der Waals surface area contributed by atoms with E-state index in [2.05, 4.69) is 6.92 Å². The van der Waals surface area contributed by atoms with Gasteiger partial charge in [0.2, 0.25) is 0 Å². The molecule has 1 heterocycles. The molecule has 0 aliphatic rings. The maximum Gasteiger partial charge on any atom is 0.419 e. The monoisotopic (exact) mass is 234 g/mol. The zero-order valence-corrected chi connectivity index (χ0v) is 10.1. The van der Waals surface area contributed by atoms with E-state index in [0.717, 1.165) is 18.4 Å². The van der Waals surface area contributed by atoms with E-state index in [9.17, 15) is 4.79 Å². The lowest BCUT2D eigenvalue weighted by molar-refractivity contribution is 0.488. The molecule has 0 spiro atoms. The minimum atomic E-state index is -0.290. The number of unbranched alkanes of at least 4 members (excludes halogenated alkanes) is 3. The fraction of sp³-hybridized carbons (Fsp3) is 0.462. The predicted octanol–water partition coefficient (Wildman–Crippen LogP) is 2.76. The molecule has 0 saturated carbocycles. The van der Waals surface area contributed by atoms with E-state index in [1.165, 1.54) is 12.8 Å². The Kier molecular flexibility index (Phi) is 3.52. The van der Waals surface area contributed by atoms with Gasteiger partial charge in [0.15, 0.2) is 5.58 Å². The summed E-state index contributed by atoms with van der Waals surface area (Å²) in [5.74, 6) is -0.290. The van der Waals surface area contributed by atoms with Gasteiger partial charge < -0.3 is 10.2 Å². The van der Waals surface area contributed by atoms with Crippen LogP contribution in [0, 0.1) is 0 Å². The molecular formula is C13H18N2O2. The largest absolute Gasteiger partial charge is 0.419 e. The smallest absolute Gasteiger partial charge is 0.408 e. The Hall–Kier alpha value is -1.71. The molecular weight excluding hydrogens is 216 g/mol. The van der Waals surface area contributed by atoms with Crippen molar-refractivity contribution in [3.05, 3.63) is 28.7 Å². The number of benzene rings is 1. The summed E-state index contributed by atoms with van der Waals surface area (Å²) in [6.07, 6.45) is 4.52. The zero-order valence-electron chi connectivity index (χ0n) is 10.1. The maximum atomic E-state index is 11.7. The van der Waals surface area contributed by atoms with E-state index >= 15 is 0 Å². The van der Waals surface area contributed by atoms with E-state index in [-0.39, 0.29) is 5.76 Å². The van der Waals surface area contributed by atoms with Crippen molar-refractivity contribution in [2.45, 2.75) is 39.2 Å². The fourth-order valence-electron chi connectivity index (χ4n) is 1.99. The highest BCUT2D eigenvalue weighted by molar-refractivity contribution is 5.76. The number of hydrogen-bond donors (Lipinski definition) is 1. The third-order valence-electron chi connectivity index (χ3n) is 2.93. The van der Waals surface area contributed by atoms with Gasteiger partial charge in [0.1, 0.15) is 0 Å². The fourth-order valence-corrected chi connectivity index (χ4v) is 1.99. The number of nitrogen functional groups attached to an aromatic ring is 1. The standard InChI is InChI=1S/C13H18N2O2/c1-2-3-4-5-8-15-11-9-10(14)6-7-12(11)17-13(15)16/h6-7,9H,2-5,8,14H2,1H3. The lowest BCUT2D eigenvalue weighted by Crippen LogP contribution is -2.14. The zero-order chi connectivity index (χ0) is 12.3. The molecule has 0 fully saturated rings. The van der Waals surface area contributed by atoms with Gasteiger partial charge >= 0.3 is 5.76 Å². The van der Waals surface area contributed by atoms with E-state index in [0.29, 0.717) is 17.8 Å². The van der Waals surface area contributed by atoms with Crippen molar-refractivity contribution in [2.24, 2.45) is 0 Å². The quantitative estimate of drug-likeness (QED) is 0.639. The molecule has 0 unspecified atom stereocenters. The van der Waals surface area contributed by atoms with Crippen LogP contribution in [0.25, 0.3) is 11.1 Å². The molecule has 2 rings (SSSR count). The SMILES string of the molecule is CCCCCCn1c(=O)oc2ccc(N)cc21. The van der Waals surface area contributed by atoms with Gasteiger partial charge in [0.25, 0.3) is 0 Å². The van der Waals surface area contributed by atoms with Crippen molar-refractivity contribution in [3.8, 4) is 0 Å². The molecule has 1 aromatic carbocycles. The first-order chi connectivity index (χ1) is 8.22. The Balaban J connectivity index is 2.23. The Morgan fingerprint density at radius 3 is 2.88 bits per heavy atom. The van der Waals surface area contributed by atoms with Crippen molar-refractivity contribution < 1.29 is 4.42 Å². The Morgan fingerprint density at radius 1 is 1.29 bits per heavy atom. The molecule has 2 aromatic rings. The molecule has 0 amide bonds. The predicted molar refractivity (Wildman–Crippen MR) is 69.0 cm³/mol. The Bertz CT molecular complexity index is 554. The second kappa shape index (κ2) is 5.08. The summed E-state index contributed by atoms with van der Waals surface area (Å²) in [6, 6.07) is 5.28.